The van der Waals surface area contributed by atoms with Gasteiger partial charge in [-0.15, -0.1) is 0 Å². The number of carbonyl (C=O) groups is 1. The lowest BCUT2D eigenvalue weighted by atomic mass is 9.67. The van der Waals surface area contributed by atoms with Crippen LogP contribution in [0, 0.1) is 11.3 Å². The SMILES string of the molecule is CCC(C)(C)C1CCC(=O)CC1N. The van der Waals surface area contributed by atoms with Gasteiger partial charge in [-0.2, -0.15) is 0 Å². The smallest absolute Gasteiger partial charge is 0.134 e. The summed E-state index contributed by atoms with van der Waals surface area (Å²) in [6, 6.07) is 0.0937. The summed E-state index contributed by atoms with van der Waals surface area (Å²) < 4.78 is 0. The molecule has 0 aromatic rings. The van der Waals surface area contributed by atoms with Crippen LogP contribution in [0.25, 0.3) is 0 Å². The normalized spacial score (nSPS) is 30.6. The van der Waals surface area contributed by atoms with Crippen molar-refractivity contribution in [1.82, 2.24) is 0 Å². The van der Waals surface area contributed by atoms with Crippen LogP contribution in [-0.2, 0) is 4.79 Å². The van der Waals surface area contributed by atoms with E-state index in [0.29, 0.717) is 23.5 Å². The van der Waals surface area contributed by atoms with Crippen LogP contribution in [-0.4, -0.2) is 11.8 Å². The summed E-state index contributed by atoms with van der Waals surface area (Å²) >= 11 is 0. The molecule has 1 rings (SSSR count). The predicted molar refractivity (Wildman–Crippen MR) is 54.4 cm³/mol. The molecule has 1 saturated carbocycles. The van der Waals surface area contributed by atoms with E-state index in [2.05, 4.69) is 20.8 Å². The third-order valence-corrected chi connectivity index (χ3v) is 3.63. The molecule has 2 atom stereocenters. The Hall–Kier alpha value is -0.370. The Morgan fingerprint density at radius 2 is 2.15 bits per heavy atom. The van der Waals surface area contributed by atoms with Crippen molar-refractivity contribution in [2.24, 2.45) is 17.1 Å². The highest BCUT2D eigenvalue weighted by molar-refractivity contribution is 5.79. The molecule has 0 amide bonds. The quantitative estimate of drug-likeness (QED) is 0.712. The maximum atomic E-state index is 11.2. The minimum absolute atomic E-state index is 0.0937. The van der Waals surface area contributed by atoms with Gasteiger partial charge in [0.25, 0.3) is 0 Å². The summed E-state index contributed by atoms with van der Waals surface area (Å²) in [6.45, 7) is 6.71. The molecule has 0 spiro atoms. The van der Waals surface area contributed by atoms with Crippen LogP contribution in [0.4, 0.5) is 0 Å². The summed E-state index contributed by atoms with van der Waals surface area (Å²) in [4.78, 5) is 11.2. The summed E-state index contributed by atoms with van der Waals surface area (Å²) in [5.74, 6) is 0.867. The van der Waals surface area contributed by atoms with E-state index in [1.54, 1.807) is 0 Å². The van der Waals surface area contributed by atoms with E-state index in [9.17, 15) is 4.79 Å². The van der Waals surface area contributed by atoms with Gasteiger partial charge < -0.3 is 5.73 Å². The average Bonchev–Trinajstić information content (AvgIpc) is 2.03. The first kappa shape index (κ1) is 10.7. The zero-order chi connectivity index (χ0) is 10.1. The fourth-order valence-electron chi connectivity index (χ4n) is 2.27. The zero-order valence-corrected chi connectivity index (χ0v) is 8.97. The Morgan fingerprint density at radius 3 is 2.62 bits per heavy atom. The molecule has 1 aliphatic rings. The standard InChI is InChI=1S/C11H21NO/c1-4-11(2,3)9-6-5-8(13)7-10(9)12/h9-10H,4-7,12H2,1-3H3. The van der Waals surface area contributed by atoms with E-state index in [-0.39, 0.29) is 6.04 Å². The van der Waals surface area contributed by atoms with Gasteiger partial charge in [-0.1, -0.05) is 27.2 Å². The molecule has 76 valence electrons. The van der Waals surface area contributed by atoms with Gasteiger partial charge in [0, 0.05) is 18.9 Å². The van der Waals surface area contributed by atoms with Gasteiger partial charge in [0.1, 0.15) is 5.78 Å². The zero-order valence-electron chi connectivity index (χ0n) is 8.97. The highest BCUT2D eigenvalue weighted by Gasteiger charge is 2.36. The lowest BCUT2D eigenvalue weighted by Gasteiger charge is -2.40. The van der Waals surface area contributed by atoms with Gasteiger partial charge in [0.05, 0.1) is 0 Å². The molecule has 2 heteroatoms. The molecule has 1 fully saturated rings. The molecule has 2 N–H and O–H groups in total. The molecule has 0 heterocycles. The fourth-order valence-corrected chi connectivity index (χ4v) is 2.27. The lowest BCUT2D eigenvalue weighted by Crippen LogP contribution is -2.44. The number of nitrogens with two attached hydrogens (primary N) is 1. The fraction of sp³-hybridized carbons (Fsp3) is 0.909. The molecule has 0 aliphatic heterocycles. The molecule has 0 saturated heterocycles. The van der Waals surface area contributed by atoms with Crippen molar-refractivity contribution in [2.75, 3.05) is 0 Å². The van der Waals surface area contributed by atoms with Crippen molar-refractivity contribution in [1.29, 1.82) is 0 Å². The van der Waals surface area contributed by atoms with E-state index >= 15 is 0 Å². The molecule has 0 aromatic carbocycles. The Bertz CT molecular complexity index is 198. The number of hydrogen-bond acceptors (Lipinski definition) is 2. The van der Waals surface area contributed by atoms with Gasteiger partial charge in [-0.25, -0.2) is 0 Å². The lowest BCUT2D eigenvalue weighted by molar-refractivity contribution is -0.122. The van der Waals surface area contributed by atoms with Crippen LogP contribution in [0.5, 0.6) is 0 Å². The maximum Gasteiger partial charge on any atom is 0.134 e. The number of ketones is 1. The predicted octanol–water partition coefficient (Wildman–Crippen LogP) is 2.12. The first-order valence-corrected chi connectivity index (χ1v) is 5.24. The van der Waals surface area contributed by atoms with Crippen LogP contribution < -0.4 is 5.73 Å². The van der Waals surface area contributed by atoms with Crippen LogP contribution in [0.15, 0.2) is 0 Å². The summed E-state index contributed by atoms with van der Waals surface area (Å²) in [5, 5.41) is 0. The van der Waals surface area contributed by atoms with Crippen molar-refractivity contribution in [3.63, 3.8) is 0 Å². The third-order valence-electron chi connectivity index (χ3n) is 3.63. The van der Waals surface area contributed by atoms with Crippen molar-refractivity contribution < 1.29 is 4.79 Å². The minimum atomic E-state index is 0.0937. The van der Waals surface area contributed by atoms with Crippen LogP contribution in [0.1, 0.15) is 46.5 Å². The van der Waals surface area contributed by atoms with Crippen molar-refractivity contribution >= 4 is 5.78 Å². The second-order valence-electron chi connectivity index (χ2n) is 4.89. The summed E-state index contributed by atoms with van der Waals surface area (Å²) in [6.07, 6.45) is 3.45. The van der Waals surface area contributed by atoms with E-state index in [0.717, 1.165) is 19.3 Å². The molecular weight excluding hydrogens is 162 g/mol. The molecule has 0 radical (unpaired) electrons. The molecule has 2 unspecified atom stereocenters. The third kappa shape index (κ3) is 2.31. The Kier molecular flexibility index (Phi) is 3.12. The van der Waals surface area contributed by atoms with E-state index in [4.69, 9.17) is 5.73 Å². The molecule has 0 bridgehead atoms. The van der Waals surface area contributed by atoms with Gasteiger partial charge in [-0.05, 0) is 17.8 Å². The second kappa shape index (κ2) is 3.79. The summed E-state index contributed by atoms with van der Waals surface area (Å²) in [7, 11) is 0. The topological polar surface area (TPSA) is 43.1 Å². The van der Waals surface area contributed by atoms with Gasteiger partial charge in [-0.3, -0.25) is 4.79 Å². The van der Waals surface area contributed by atoms with Gasteiger partial charge in [0.15, 0.2) is 0 Å². The molecule has 2 nitrogen and oxygen atoms in total. The number of rotatable bonds is 2. The monoisotopic (exact) mass is 183 g/mol. The first-order chi connectivity index (χ1) is 5.97. The van der Waals surface area contributed by atoms with E-state index in [1.165, 1.54) is 0 Å². The van der Waals surface area contributed by atoms with Gasteiger partial charge in [0.2, 0.25) is 0 Å². The van der Waals surface area contributed by atoms with E-state index in [1.807, 2.05) is 0 Å². The Balaban J connectivity index is 2.65. The number of Topliss-reactive ketones (excluding diaryl/α,β-unsaturated/α-hetero) is 1. The second-order valence-corrected chi connectivity index (χ2v) is 4.89. The number of carbonyl (C=O) groups excluding carboxylic acids is 1. The maximum absolute atomic E-state index is 11.2. The van der Waals surface area contributed by atoms with Gasteiger partial charge >= 0.3 is 0 Å². The Labute approximate surface area is 80.9 Å². The van der Waals surface area contributed by atoms with Crippen LogP contribution in [0.2, 0.25) is 0 Å². The largest absolute Gasteiger partial charge is 0.327 e. The highest BCUT2D eigenvalue weighted by atomic mass is 16.1. The molecular formula is C11H21NO. The van der Waals surface area contributed by atoms with E-state index < -0.39 is 0 Å². The number of hydrogen-bond donors (Lipinski definition) is 1. The molecule has 13 heavy (non-hydrogen) atoms. The summed E-state index contributed by atoms with van der Waals surface area (Å²) in [5.41, 5.74) is 6.30. The first-order valence-electron chi connectivity index (χ1n) is 5.24. The molecule has 1 aliphatic carbocycles. The van der Waals surface area contributed by atoms with Crippen LogP contribution >= 0.6 is 0 Å². The van der Waals surface area contributed by atoms with Crippen molar-refractivity contribution in [3.8, 4) is 0 Å². The van der Waals surface area contributed by atoms with Crippen LogP contribution in [0.3, 0.4) is 0 Å². The minimum Gasteiger partial charge on any atom is -0.327 e. The average molecular weight is 183 g/mol. The van der Waals surface area contributed by atoms with Crippen molar-refractivity contribution in [3.05, 3.63) is 0 Å². The Morgan fingerprint density at radius 1 is 1.54 bits per heavy atom. The molecule has 0 aromatic heterocycles. The highest BCUT2D eigenvalue weighted by Crippen LogP contribution is 2.38. The van der Waals surface area contributed by atoms with Crippen molar-refractivity contribution in [2.45, 2.75) is 52.5 Å².